The minimum Gasteiger partial charge on any atom is -0.391 e. The first-order valence-corrected chi connectivity index (χ1v) is 9.47. The maximum atomic E-state index is 11.2. The summed E-state index contributed by atoms with van der Waals surface area (Å²) in [6, 6.07) is 17.6. The average Bonchev–Trinajstić information content (AvgIpc) is 2.94. The van der Waals surface area contributed by atoms with E-state index in [9.17, 15) is 15.2 Å². The van der Waals surface area contributed by atoms with Crippen LogP contribution in [0.25, 0.3) is 21.8 Å². The molecule has 0 saturated carbocycles. The van der Waals surface area contributed by atoms with Crippen LogP contribution in [0, 0.1) is 10.1 Å². The quantitative estimate of drug-likeness (QED) is 0.340. The van der Waals surface area contributed by atoms with E-state index in [1.54, 1.807) is 30.3 Å². The molecule has 0 aliphatic rings. The lowest BCUT2D eigenvalue weighted by atomic mass is 10.1. The number of benzene rings is 3. The molecule has 0 spiro atoms. The van der Waals surface area contributed by atoms with Gasteiger partial charge in [0.15, 0.2) is 0 Å². The number of aliphatic hydroxyl groups is 1. The highest BCUT2D eigenvalue weighted by Gasteiger charge is 2.19. The summed E-state index contributed by atoms with van der Waals surface area (Å²) in [6.45, 7) is 0.287. The van der Waals surface area contributed by atoms with E-state index in [0.717, 1.165) is 21.8 Å². The highest BCUT2D eigenvalue weighted by molar-refractivity contribution is 6.33. The fourth-order valence-corrected chi connectivity index (χ4v) is 3.98. The second-order valence-electron chi connectivity index (χ2n) is 6.68. The van der Waals surface area contributed by atoms with Crippen molar-refractivity contribution in [3.05, 3.63) is 86.4 Å². The summed E-state index contributed by atoms with van der Waals surface area (Å²) in [7, 11) is 0. The molecule has 5 nitrogen and oxygen atoms in total. The Hall–Kier alpha value is -2.60. The van der Waals surface area contributed by atoms with Crippen LogP contribution in [0.2, 0.25) is 10.0 Å². The van der Waals surface area contributed by atoms with E-state index >= 15 is 0 Å². The normalized spacial score (nSPS) is 12.5. The van der Waals surface area contributed by atoms with E-state index in [4.69, 9.17) is 23.2 Å². The van der Waals surface area contributed by atoms with Crippen molar-refractivity contribution >= 4 is 50.7 Å². The summed E-state index contributed by atoms with van der Waals surface area (Å²) in [6.07, 6.45) is -0.620. The van der Waals surface area contributed by atoms with Crippen molar-refractivity contribution in [2.24, 2.45) is 0 Å². The molecule has 1 N–H and O–H groups in total. The number of aliphatic hydroxyl groups excluding tert-OH is 1. The van der Waals surface area contributed by atoms with Gasteiger partial charge in [-0.25, -0.2) is 0 Å². The fraction of sp³-hybridized carbons (Fsp3) is 0.143. The van der Waals surface area contributed by atoms with Crippen molar-refractivity contribution in [3.8, 4) is 0 Å². The number of nitro benzene ring substituents is 1. The molecular formula is C21H16Cl2N2O3. The van der Waals surface area contributed by atoms with Gasteiger partial charge in [-0.1, -0.05) is 41.4 Å². The molecule has 4 aromatic rings. The van der Waals surface area contributed by atoms with Gasteiger partial charge < -0.3 is 9.67 Å². The first-order chi connectivity index (χ1) is 13.4. The van der Waals surface area contributed by atoms with Gasteiger partial charge in [0.05, 0.1) is 11.0 Å². The SMILES string of the molecule is O=[N+]([O-])c1ccccc1CC(O)Cn1c2ccc(Cl)cc2c2cc(Cl)ccc21. The van der Waals surface area contributed by atoms with Crippen molar-refractivity contribution in [1.82, 2.24) is 4.57 Å². The van der Waals surface area contributed by atoms with Gasteiger partial charge in [-0.15, -0.1) is 0 Å². The average molecular weight is 415 g/mol. The molecule has 142 valence electrons. The van der Waals surface area contributed by atoms with Gasteiger partial charge in [-0.05, 0) is 36.4 Å². The zero-order valence-corrected chi connectivity index (χ0v) is 16.2. The van der Waals surface area contributed by atoms with Crippen molar-refractivity contribution in [1.29, 1.82) is 0 Å². The highest BCUT2D eigenvalue weighted by Crippen LogP contribution is 2.33. The number of aromatic nitrogens is 1. The summed E-state index contributed by atoms with van der Waals surface area (Å²) in [5.41, 5.74) is 2.36. The van der Waals surface area contributed by atoms with Crippen LogP contribution in [-0.4, -0.2) is 20.7 Å². The zero-order chi connectivity index (χ0) is 19.8. The predicted octanol–water partition coefficient (Wildman–Crippen LogP) is 5.61. The molecule has 0 fully saturated rings. The first kappa shape index (κ1) is 18.7. The Labute approximate surface area is 170 Å². The summed E-state index contributed by atoms with van der Waals surface area (Å²) in [5.74, 6) is 0. The number of rotatable bonds is 5. The molecule has 1 unspecified atom stereocenters. The lowest BCUT2D eigenvalue weighted by Crippen LogP contribution is -2.19. The van der Waals surface area contributed by atoms with Crippen LogP contribution in [0.3, 0.4) is 0 Å². The van der Waals surface area contributed by atoms with Crippen molar-refractivity contribution in [2.75, 3.05) is 0 Å². The van der Waals surface area contributed by atoms with E-state index in [1.165, 1.54) is 6.07 Å². The Bertz CT molecular complexity index is 1140. The maximum Gasteiger partial charge on any atom is 0.272 e. The Balaban J connectivity index is 1.74. The molecule has 3 aromatic carbocycles. The Morgan fingerprint density at radius 1 is 0.964 bits per heavy atom. The molecule has 0 bridgehead atoms. The predicted molar refractivity (Wildman–Crippen MR) is 112 cm³/mol. The third-order valence-corrected chi connectivity index (χ3v) is 5.30. The molecule has 1 heterocycles. The third-order valence-electron chi connectivity index (χ3n) is 4.83. The van der Waals surface area contributed by atoms with E-state index in [-0.39, 0.29) is 18.7 Å². The molecule has 0 saturated heterocycles. The van der Waals surface area contributed by atoms with Crippen LogP contribution < -0.4 is 0 Å². The third kappa shape index (κ3) is 3.44. The fourth-order valence-electron chi connectivity index (χ4n) is 3.64. The van der Waals surface area contributed by atoms with Crippen molar-refractivity contribution < 1.29 is 10.0 Å². The summed E-state index contributed by atoms with van der Waals surface area (Å²) >= 11 is 12.3. The number of fused-ring (bicyclic) bond motifs is 3. The molecule has 0 aliphatic heterocycles. The largest absolute Gasteiger partial charge is 0.391 e. The lowest BCUT2D eigenvalue weighted by Gasteiger charge is -2.14. The topological polar surface area (TPSA) is 68.3 Å². The van der Waals surface area contributed by atoms with Gasteiger partial charge in [0.1, 0.15) is 0 Å². The number of nitro groups is 1. The molecule has 1 atom stereocenters. The van der Waals surface area contributed by atoms with Gasteiger partial charge in [0.25, 0.3) is 5.69 Å². The maximum absolute atomic E-state index is 11.2. The van der Waals surface area contributed by atoms with Gasteiger partial charge in [-0.2, -0.15) is 0 Å². The van der Waals surface area contributed by atoms with E-state index in [2.05, 4.69) is 0 Å². The Morgan fingerprint density at radius 3 is 2.11 bits per heavy atom. The number of hydrogen-bond donors (Lipinski definition) is 1. The minimum absolute atomic E-state index is 0.0161. The number of para-hydroxylation sites is 1. The van der Waals surface area contributed by atoms with E-state index in [0.29, 0.717) is 15.6 Å². The second-order valence-corrected chi connectivity index (χ2v) is 7.55. The molecule has 0 amide bonds. The first-order valence-electron chi connectivity index (χ1n) is 8.71. The minimum atomic E-state index is -0.800. The van der Waals surface area contributed by atoms with Crippen LogP contribution in [0.4, 0.5) is 5.69 Å². The smallest absolute Gasteiger partial charge is 0.272 e. The summed E-state index contributed by atoms with van der Waals surface area (Å²) in [5, 5.41) is 25.1. The lowest BCUT2D eigenvalue weighted by molar-refractivity contribution is -0.385. The van der Waals surface area contributed by atoms with Crippen LogP contribution in [0.1, 0.15) is 5.56 Å². The summed E-state index contributed by atoms with van der Waals surface area (Å²) in [4.78, 5) is 10.8. The standard InChI is InChI=1S/C21H16Cl2N2O3/c22-14-5-7-20-17(10-14)18-11-15(23)6-8-21(18)24(20)12-16(26)9-13-3-1-2-4-19(13)25(27)28/h1-8,10-11,16,26H,9,12H2. The highest BCUT2D eigenvalue weighted by atomic mass is 35.5. The molecule has 0 radical (unpaired) electrons. The second kappa shape index (κ2) is 7.43. The van der Waals surface area contributed by atoms with Crippen LogP contribution in [0.5, 0.6) is 0 Å². The Kier molecular flexibility index (Phi) is 4.98. The molecule has 1 aromatic heterocycles. The van der Waals surface area contributed by atoms with Crippen molar-refractivity contribution in [2.45, 2.75) is 19.1 Å². The van der Waals surface area contributed by atoms with Crippen LogP contribution >= 0.6 is 23.2 Å². The number of nitrogens with zero attached hydrogens (tertiary/aromatic N) is 2. The van der Waals surface area contributed by atoms with Gasteiger partial charge in [0.2, 0.25) is 0 Å². The number of hydrogen-bond acceptors (Lipinski definition) is 3. The molecule has 28 heavy (non-hydrogen) atoms. The van der Waals surface area contributed by atoms with E-state index < -0.39 is 11.0 Å². The van der Waals surface area contributed by atoms with Gasteiger partial charge in [-0.3, -0.25) is 10.1 Å². The van der Waals surface area contributed by atoms with Gasteiger partial charge in [0, 0.05) is 56.4 Å². The van der Waals surface area contributed by atoms with E-state index in [1.807, 2.05) is 28.8 Å². The molecule has 4 rings (SSSR count). The molecular weight excluding hydrogens is 399 g/mol. The van der Waals surface area contributed by atoms with Crippen molar-refractivity contribution in [3.63, 3.8) is 0 Å². The number of halogens is 2. The van der Waals surface area contributed by atoms with Gasteiger partial charge >= 0.3 is 0 Å². The monoisotopic (exact) mass is 414 g/mol. The molecule has 7 heteroatoms. The zero-order valence-electron chi connectivity index (χ0n) is 14.7. The molecule has 0 aliphatic carbocycles. The van der Waals surface area contributed by atoms with Crippen LogP contribution in [0.15, 0.2) is 60.7 Å². The Morgan fingerprint density at radius 2 is 1.54 bits per heavy atom. The van der Waals surface area contributed by atoms with Crippen LogP contribution in [-0.2, 0) is 13.0 Å². The summed E-state index contributed by atoms with van der Waals surface area (Å²) < 4.78 is 2.00.